The first-order valence-electron chi connectivity index (χ1n) is 9.15. The summed E-state index contributed by atoms with van der Waals surface area (Å²) in [5, 5.41) is 0. The van der Waals surface area contributed by atoms with E-state index in [-0.39, 0.29) is 16.2 Å². The van der Waals surface area contributed by atoms with Gasteiger partial charge in [0.2, 0.25) is 0 Å². The summed E-state index contributed by atoms with van der Waals surface area (Å²) in [5.74, 6) is -1.23. The van der Waals surface area contributed by atoms with Crippen molar-refractivity contribution in [3.05, 3.63) is 58.6 Å². The molecule has 29 heavy (non-hydrogen) atoms. The third kappa shape index (κ3) is 4.47. The number of benzene rings is 2. The van der Waals surface area contributed by atoms with E-state index in [4.69, 9.17) is 4.74 Å². The molecular weight excluding hydrogens is 415 g/mol. The summed E-state index contributed by atoms with van der Waals surface area (Å²) in [6.45, 7) is 4.54. The number of rotatable bonds is 7. The van der Waals surface area contributed by atoms with Gasteiger partial charge in [-0.3, -0.25) is 4.79 Å². The predicted molar refractivity (Wildman–Crippen MR) is 110 cm³/mol. The molecule has 0 aliphatic carbocycles. The van der Waals surface area contributed by atoms with Crippen molar-refractivity contribution in [2.24, 2.45) is 4.99 Å². The number of aromatic nitrogens is 1. The number of para-hydroxylation sites is 1. The minimum Gasteiger partial charge on any atom is -0.380 e. The van der Waals surface area contributed by atoms with Gasteiger partial charge in [0.05, 0.1) is 33.0 Å². The Morgan fingerprint density at radius 2 is 1.93 bits per heavy atom. The van der Waals surface area contributed by atoms with Crippen LogP contribution in [-0.2, 0) is 21.1 Å². The van der Waals surface area contributed by atoms with Crippen molar-refractivity contribution in [3.8, 4) is 0 Å². The first-order chi connectivity index (χ1) is 13.9. The molecule has 1 aromatic heterocycles. The molecule has 3 aromatic rings. The first-order valence-corrected chi connectivity index (χ1v) is 11.6. The monoisotopic (exact) mass is 436 g/mol. The van der Waals surface area contributed by atoms with E-state index in [0.29, 0.717) is 34.8 Å². The van der Waals surface area contributed by atoms with Gasteiger partial charge >= 0.3 is 0 Å². The van der Waals surface area contributed by atoms with Crippen LogP contribution in [0, 0.1) is 5.82 Å². The van der Waals surface area contributed by atoms with Gasteiger partial charge in [-0.15, -0.1) is 0 Å². The second-order valence-corrected chi connectivity index (χ2v) is 9.39. The lowest BCUT2D eigenvalue weighted by molar-refractivity contribution is 0.0993. The van der Waals surface area contributed by atoms with Crippen LogP contribution in [0.4, 0.5) is 4.39 Å². The summed E-state index contributed by atoms with van der Waals surface area (Å²) in [6.07, 6.45) is 0. The van der Waals surface area contributed by atoms with Gasteiger partial charge in [-0.05, 0) is 31.2 Å². The van der Waals surface area contributed by atoms with Crippen LogP contribution in [0.5, 0.6) is 0 Å². The van der Waals surface area contributed by atoms with E-state index in [1.165, 1.54) is 36.5 Å². The molecule has 0 atom stereocenters. The van der Waals surface area contributed by atoms with E-state index in [2.05, 4.69) is 4.99 Å². The largest absolute Gasteiger partial charge is 0.380 e. The maximum atomic E-state index is 14.4. The van der Waals surface area contributed by atoms with Crippen LogP contribution in [-0.4, -0.2) is 37.9 Å². The van der Waals surface area contributed by atoms with Crippen LogP contribution in [0.2, 0.25) is 0 Å². The molecule has 0 bridgehead atoms. The quantitative estimate of drug-likeness (QED) is 0.532. The Morgan fingerprint density at radius 3 is 2.66 bits per heavy atom. The Morgan fingerprint density at radius 1 is 1.17 bits per heavy atom. The van der Waals surface area contributed by atoms with E-state index in [9.17, 15) is 17.6 Å². The molecular formula is C20H21FN2O4S2. The predicted octanol–water partition coefficient (Wildman–Crippen LogP) is 3.41. The van der Waals surface area contributed by atoms with Gasteiger partial charge in [-0.2, -0.15) is 4.99 Å². The van der Waals surface area contributed by atoms with Gasteiger partial charge in [-0.1, -0.05) is 36.5 Å². The average molecular weight is 437 g/mol. The highest BCUT2D eigenvalue weighted by Gasteiger charge is 2.21. The van der Waals surface area contributed by atoms with E-state index in [1.807, 2.05) is 6.92 Å². The Kier molecular flexibility index (Phi) is 6.61. The van der Waals surface area contributed by atoms with Crippen molar-refractivity contribution >= 4 is 37.3 Å². The van der Waals surface area contributed by atoms with Crippen molar-refractivity contribution in [1.29, 1.82) is 0 Å². The number of carbonyl (C=O) groups is 1. The fraction of sp³-hybridized carbons (Fsp3) is 0.300. The van der Waals surface area contributed by atoms with E-state index >= 15 is 0 Å². The molecule has 0 saturated heterocycles. The zero-order valence-electron chi connectivity index (χ0n) is 16.1. The highest BCUT2D eigenvalue weighted by molar-refractivity contribution is 7.91. The Labute approximate surface area is 172 Å². The zero-order valence-corrected chi connectivity index (χ0v) is 17.7. The summed E-state index contributed by atoms with van der Waals surface area (Å²) >= 11 is 1.17. The van der Waals surface area contributed by atoms with Crippen molar-refractivity contribution in [2.75, 3.05) is 19.0 Å². The van der Waals surface area contributed by atoms with Crippen molar-refractivity contribution < 1.29 is 22.3 Å². The minimum atomic E-state index is -3.59. The number of fused-ring (bicyclic) bond motifs is 1. The SMILES string of the molecule is CCOCCn1c(=NC(=O)c2ccccc2S(=O)(=O)CC)sc2cccc(F)c21. The summed E-state index contributed by atoms with van der Waals surface area (Å²) in [5.41, 5.74) is 0.349. The maximum Gasteiger partial charge on any atom is 0.280 e. The molecule has 9 heteroatoms. The summed E-state index contributed by atoms with van der Waals surface area (Å²) in [4.78, 5) is 17.3. The molecule has 0 saturated carbocycles. The number of hydrogen-bond donors (Lipinski definition) is 0. The highest BCUT2D eigenvalue weighted by Crippen LogP contribution is 2.21. The highest BCUT2D eigenvalue weighted by atomic mass is 32.2. The number of halogens is 1. The van der Waals surface area contributed by atoms with Gasteiger partial charge in [0, 0.05) is 13.2 Å². The van der Waals surface area contributed by atoms with Gasteiger partial charge < -0.3 is 9.30 Å². The molecule has 0 aliphatic heterocycles. The molecule has 0 radical (unpaired) electrons. The maximum absolute atomic E-state index is 14.4. The molecule has 0 spiro atoms. The number of thiazole rings is 1. The van der Waals surface area contributed by atoms with E-state index < -0.39 is 21.6 Å². The van der Waals surface area contributed by atoms with E-state index in [1.54, 1.807) is 28.8 Å². The van der Waals surface area contributed by atoms with Crippen LogP contribution in [0.25, 0.3) is 10.2 Å². The smallest absolute Gasteiger partial charge is 0.280 e. The molecule has 0 aliphatic rings. The first kappa shape index (κ1) is 21.4. The van der Waals surface area contributed by atoms with E-state index in [0.717, 1.165) is 0 Å². The molecule has 0 N–H and O–H groups in total. The van der Waals surface area contributed by atoms with Crippen LogP contribution >= 0.6 is 11.3 Å². The van der Waals surface area contributed by atoms with Crippen molar-refractivity contribution in [1.82, 2.24) is 4.57 Å². The molecule has 0 fully saturated rings. The topological polar surface area (TPSA) is 77.7 Å². The lowest BCUT2D eigenvalue weighted by Crippen LogP contribution is -2.21. The minimum absolute atomic E-state index is 0.00337. The third-order valence-corrected chi connectivity index (χ3v) is 7.17. The molecule has 1 amide bonds. The zero-order chi connectivity index (χ0) is 21.0. The number of nitrogens with zero attached hydrogens (tertiary/aromatic N) is 2. The van der Waals surface area contributed by atoms with Crippen LogP contribution in [0.15, 0.2) is 52.4 Å². The molecule has 3 rings (SSSR count). The normalized spacial score (nSPS) is 12.6. The summed E-state index contributed by atoms with van der Waals surface area (Å²) < 4.78 is 46.7. The average Bonchev–Trinajstić information content (AvgIpc) is 3.06. The number of hydrogen-bond acceptors (Lipinski definition) is 5. The Balaban J connectivity index is 2.15. The fourth-order valence-corrected chi connectivity index (χ4v) is 5.05. The molecule has 0 unspecified atom stereocenters. The van der Waals surface area contributed by atoms with Crippen molar-refractivity contribution in [2.45, 2.75) is 25.3 Å². The molecule has 2 aromatic carbocycles. The summed E-state index contributed by atoms with van der Waals surface area (Å²) in [7, 11) is -3.59. The van der Waals surface area contributed by atoms with Gasteiger partial charge in [-0.25, -0.2) is 12.8 Å². The summed E-state index contributed by atoms with van der Waals surface area (Å²) in [6, 6.07) is 10.7. The lowest BCUT2D eigenvalue weighted by Gasteiger charge is -2.07. The number of amides is 1. The lowest BCUT2D eigenvalue weighted by atomic mass is 10.2. The molecule has 6 nitrogen and oxygen atoms in total. The van der Waals surface area contributed by atoms with Crippen molar-refractivity contribution in [3.63, 3.8) is 0 Å². The fourth-order valence-electron chi connectivity index (χ4n) is 2.90. The second kappa shape index (κ2) is 8.98. The van der Waals surface area contributed by atoms with Gasteiger partial charge in [0.1, 0.15) is 5.82 Å². The van der Waals surface area contributed by atoms with Crippen LogP contribution in [0.1, 0.15) is 24.2 Å². The number of sulfone groups is 1. The third-order valence-electron chi connectivity index (χ3n) is 4.34. The Bertz CT molecular complexity index is 1210. The number of ether oxygens (including phenoxy) is 1. The molecule has 1 heterocycles. The Hall–Kier alpha value is -2.36. The number of carbonyl (C=O) groups excluding carboxylic acids is 1. The van der Waals surface area contributed by atoms with Gasteiger partial charge in [0.15, 0.2) is 14.6 Å². The standard InChI is InChI=1S/C20H21FN2O4S2/c1-3-27-13-12-23-18-15(21)9-7-10-16(18)28-20(23)22-19(24)14-8-5-6-11-17(14)29(25,26)4-2/h5-11H,3-4,12-13H2,1-2H3. The molecule has 154 valence electrons. The van der Waals surface area contributed by atoms with Gasteiger partial charge in [0.25, 0.3) is 5.91 Å². The second-order valence-electron chi connectivity index (χ2n) is 6.14. The van der Waals surface area contributed by atoms with Crippen LogP contribution in [0.3, 0.4) is 0 Å². The van der Waals surface area contributed by atoms with Crippen LogP contribution < -0.4 is 4.80 Å².